The highest BCUT2D eigenvalue weighted by Crippen LogP contribution is 2.09. The van der Waals surface area contributed by atoms with E-state index in [1.807, 2.05) is 18.4 Å². The Morgan fingerprint density at radius 2 is 2.25 bits per heavy atom. The Morgan fingerprint density at radius 1 is 1.50 bits per heavy atom. The molecule has 0 saturated carbocycles. The third-order valence-electron chi connectivity index (χ3n) is 1.84. The van der Waals surface area contributed by atoms with E-state index in [-0.39, 0.29) is 18.3 Å². The first kappa shape index (κ1) is 15.1. The van der Waals surface area contributed by atoms with E-state index in [1.54, 1.807) is 25.0 Å². The number of nitrogens with one attached hydrogen (secondary N) is 2. The molecule has 6 heteroatoms. The topological polar surface area (TPSA) is 54.0 Å². The number of amides is 1. The van der Waals surface area contributed by atoms with Crippen LogP contribution in [0.4, 0.5) is 11.5 Å². The van der Waals surface area contributed by atoms with Gasteiger partial charge in [-0.3, -0.25) is 4.79 Å². The zero-order valence-corrected chi connectivity index (χ0v) is 11.0. The fourth-order valence-electron chi connectivity index (χ4n) is 1.03. The summed E-state index contributed by atoms with van der Waals surface area (Å²) >= 11 is 1.66. The van der Waals surface area contributed by atoms with Crippen molar-refractivity contribution in [1.29, 1.82) is 0 Å². The maximum Gasteiger partial charge on any atom is 0.225 e. The van der Waals surface area contributed by atoms with E-state index in [9.17, 15) is 4.79 Å². The lowest BCUT2D eigenvalue weighted by Gasteiger charge is -2.04. The van der Waals surface area contributed by atoms with Crippen molar-refractivity contribution in [1.82, 2.24) is 4.98 Å². The van der Waals surface area contributed by atoms with Crippen molar-refractivity contribution in [3.8, 4) is 0 Å². The highest BCUT2D eigenvalue weighted by Gasteiger charge is 2.01. The number of hydrogen-bond donors (Lipinski definition) is 2. The third-order valence-corrected chi connectivity index (χ3v) is 2.45. The molecule has 1 amide bonds. The summed E-state index contributed by atoms with van der Waals surface area (Å²) in [5.41, 5.74) is 0.736. The molecular formula is C10H16ClN3OS. The fraction of sp³-hybridized carbons (Fsp3) is 0.400. The largest absolute Gasteiger partial charge is 0.373 e. The Kier molecular flexibility index (Phi) is 7.76. The minimum absolute atomic E-state index is 0. The lowest BCUT2D eigenvalue weighted by molar-refractivity contribution is -0.115. The lowest BCUT2D eigenvalue weighted by atomic mass is 10.3. The van der Waals surface area contributed by atoms with E-state index >= 15 is 0 Å². The van der Waals surface area contributed by atoms with Crippen LogP contribution in [-0.4, -0.2) is 29.9 Å². The second-order valence-electron chi connectivity index (χ2n) is 2.97. The minimum atomic E-state index is 0. The van der Waals surface area contributed by atoms with E-state index in [2.05, 4.69) is 15.6 Å². The molecule has 0 bridgehead atoms. The Morgan fingerprint density at radius 3 is 2.75 bits per heavy atom. The summed E-state index contributed by atoms with van der Waals surface area (Å²) in [6, 6.07) is 3.65. The number of aromatic nitrogens is 1. The Bertz CT molecular complexity index is 318. The molecule has 0 aliphatic carbocycles. The van der Waals surface area contributed by atoms with Gasteiger partial charge in [-0.2, -0.15) is 11.8 Å². The van der Waals surface area contributed by atoms with E-state index in [4.69, 9.17) is 0 Å². The molecule has 4 nitrogen and oxygen atoms in total. The van der Waals surface area contributed by atoms with Crippen LogP contribution in [0.3, 0.4) is 0 Å². The summed E-state index contributed by atoms with van der Waals surface area (Å²) in [6.45, 7) is 0. The van der Waals surface area contributed by atoms with Crippen LogP contribution in [0, 0.1) is 0 Å². The van der Waals surface area contributed by atoms with E-state index in [1.165, 1.54) is 0 Å². The van der Waals surface area contributed by atoms with Gasteiger partial charge in [0.2, 0.25) is 5.91 Å². The molecule has 0 aliphatic heterocycles. The van der Waals surface area contributed by atoms with Gasteiger partial charge in [-0.25, -0.2) is 4.98 Å². The van der Waals surface area contributed by atoms with Gasteiger partial charge in [0.1, 0.15) is 5.82 Å². The number of rotatable bonds is 5. The molecule has 0 spiro atoms. The highest BCUT2D eigenvalue weighted by atomic mass is 35.5. The van der Waals surface area contributed by atoms with E-state index < -0.39 is 0 Å². The van der Waals surface area contributed by atoms with Gasteiger partial charge in [0.25, 0.3) is 0 Å². The van der Waals surface area contributed by atoms with Crippen molar-refractivity contribution in [2.24, 2.45) is 0 Å². The predicted octanol–water partition coefficient (Wildman–Crippen LogP) is 2.24. The number of carbonyl (C=O) groups excluding carboxylic acids is 1. The SMILES string of the molecule is CNc1ccc(NC(=O)CCSC)cn1.Cl. The second kappa shape index (κ2) is 8.24. The van der Waals surface area contributed by atoms with Crippen LogP contribution < -0.4 is 10.6 Å². The molecule has 1 aromatic rings. The Hall–Kier alpha value is -0.940. The van der Waals surface area contributed by atoms with Crippen LogP contribution in [0.5, 0.6) is 0 Å². The highest BCUT2D eigenvalue weighted by molar-refractivity contribution is 7.98. The first-order valence-corrected chi connectivity index (χ1v) is 6.08. The van der Waals surface area contributed by atoms with Crippen molar-refractivity contribution >= 4 is 41.6 Å². The molecule has 0 atom stereocenters. The molecule has 90 valence electrons. The molecule has 0 saturated heterocycles. The van der Waals surface area contributed by atoms with Gasteiger partial charge in [0.15, 0.2) is 0 Å². The van der Waals surface area contributed by atoms with Crippen molar-refractivity contribution in [3.05, 3.63) is 18.3 Å². The van der Waals surface area contributed by atoms with Gasteiger partial charge in [-0.05, 0) is 18.4 Å². The zero-order chi connectivity index (χ0) is 11.1. The van der Waals surface area contributed by atoms with E-state index in [0.717, 1.165) is 17.3 Å². The number of anilines is 2. The van der Waals surface area contributed by atoms with Crippen LogP contribution in [0.2, 0.25) is 0 Å². The number of nitrogens with zero attached hydrogens (tertiary/aromatic N) is 1. The number of thioether (sulfide) groups is 1. The summed E-state index contributed by atoms with van der Waals surface area (Å²) in [5, 5.41) is 5.70. The molecule has 0 radical (unpaired) electrons. The van der Waals surface area contributed by atoms with E-state index in [0.29, 0.717) is 6.42 Å². The van der Waals surface area contributed by atoms with Crippen LogP contribution in [0.15, 0.2) is 18.3 Å². The molecule has 0 aromatic carbocycles. The molecule has 0 aliphatic rings. The maximum absolute atomic E-state index is 11.4. The molecule has 2 N–H and O–H groups in total. The predicted molar refractivity (Wildman–Crippen MR) is 72.7 cm³/mol. The van der Waals surface area contributed by atoms with Gasteiger partial charge >= 0.3 is 0 Å². The average molecular weight is 262 g/mol. The van der Waals surface area contributed by atoms with Gasteiger partial charge < -0.3 is 10.6 Å². The molecule has 1 heterocycles. The molecule has 16 heavy (non-hydrogen) atoms. The second-order valence-corrected chi connectivity index (χ2v) is 3.96. The monoisotopic (exact) mass is 261 g/mol. The number of halogens is 1. The van der Waals surface area contributed by atoms with Gasteiger partial charge in [-0.1, -0.05) is 0 Å². The Balaban J connectivity index is 0.00000225. The molecular weight excluding hydrogens is 246 g/mol. The molecule has 1 rings (SSSR count). The standard InChI is InChI=1S/C10H15N3OS.ClH/c1-11-9-4-3-8(7-12-9)13-10(14)5-6-15-2;/h3-4,7H,5-6H2,1-2H3,(H,11,12)(H,13,14);1H. The molecule has 1 aromatic heterocycles. The van der Waals surface area contributed by atoms with Crippen LogP contribution in [0.1, 0.15) is 6.42 Å². The number of pyridine rings is 1. The van der Waals surface area contributed by atoms with Gasteiger partial charge in [-0.15, -0.1) is 12.4 Å². The third kappa shape index (κ3) is 5.23. The van der Waals surface area contributed by atoms with Gasteiger partial charge in [0.05, 0.1) is 11.9 Å². The van der Waals surface area contributed by atoms with Gasteiger partial charge in [0, 0.05) is 19.2 Å². The number of hydrogen-bond acceptors (Lipinski definition) is 4. The van der Waals surface area contributed by atoms with Crippen molar-refractivity contribution < 1.29 is 4.79 Å². The average Bonchev–Trinajstić information content (AvgIpc) is 2.27. The van der Waals surface area contributed by atoms with Crippen molar-refractivity contribution in [3.63, 3.8) is 0 Å². The minimum Gasteiger partial charge on any atom is -0.373 e. The summed E-state index contributed by atoms with van der Waals surface area (Å²) < 4.78 is 0. The summed E-state index contributed by atoms with van der Waals surface area (Å²) in [4.78, 5) is 15.5. The smallest absolute Gasteiger partial charge is 0.225 e. The van der Waals surface area contributed by atoms with Crippen LogP contribution in [0.25, 0.3) is 0 Å². The van der Waals surface area contributed by atoms with Crippen molar-refractivity contribution in [2.75, 3.05) is 29.7 Å². The molecule has 0 fully saturated rings. The first-order chi connectivity index (χ1) is 7.26. The summed E-state index contributed by atoms with van der Waals surface area (Å²) in [6.07, 6.45) is 4.16. The number of carbonyl (C=O) groups is 1. The quantitative estimate of drug-likeness (QED) is 0.854. The first-order valence-electron chi connectivity index (χ1n) is 4.69. The lowest BCUT2D eigenvalue weighted by Crippen LogP contribution is -2.12. The maximum atomic E-state index is 11.4. The van der Waals surface area contributed by atoms with Crippen LogP contribution >= 0.6 is 24.2 Å². The van der Waals surface area contributed by atoms with Crippen LogP contribution in [-0.2, 0) is 4.79 Å². The fourth-order valence-corrected chi connectivity index (χ4v) is 1.42. The van der Waals surface area contributed by atoms with Crippen molar-refractivity contribution in [2.45, 2.75) is 6.42 Å². The summed E-state index contributed by atoms with van der Waals surface area (Å²) in [5.74, 6) is 1.66. The normalized spacial score (nSPS) is 9.12. The Labute approximate surface area is 106 Å². The zero-order valence-electron chi connectivity index (χ0n) is 9.32. The summed E-state index contributed by atoms with van der Waals surface area (Å²) in [7, 11) is 1.80. The molecule has 0 unspecified atom stereocenters.